The Hall–Kier alpha value is -0.570. The molecule has 18 heavy (non-hydrogen) atoms. The molecule has 0 heterocycles. The maximum Gasteiger partial charge on any atom is 0.223 e. The molecule has 3 nitrogen and oxygen atoms in total. The lowest BCUT2D eigenvalue weighted by atomic mass is 9.81. The third-order valence-corrected chi connectivity index (χ3v) is 4.73. The van der Waals surface area contributed by atoms with Crippen LogP contribution in [0.2, 0.25) is 0 Å². The molecule has 2 aliphatic carbocycles. The molecular weight excluding hydrogens is 226 g/mol. The summed E-state index contributed by atoms with van der Waals surface area (Å²) < 4.78 is 0. The number of nitrogens with one attached hydrogen (secondary N) is 1. The highest BCUT2D eigenvalue weighted by molar-refractivity contribution is 5.77. The van der Waals surface area contributed by atoms with Crippen LogP contribution in [0.5, 0.6) is 0 Å². The van der Waals surface area contributed by atoms with E-state index in [0.717, 1.165) is 32.1 Å². The third-order valence-electron chi connectivity index (χ3n) is 4.73. The number of rotatable bonds is 3. The lowest BCUT2D eigenvalue weighted by Crippen LogP contribution is -2.45. The number of carbonyl (C=O) groups is 1. The Balaban J connectivity index is 1.80. The van der Waals surface area contributed by atoms with Gasteiger partial charge < -0.3 is 10.4 Å². The number of amides is 1. The van der Waals surface area contributed by atoms with Crippen LogP contribution in [-0.4, -0.2) is 22.7 Å². The first-order valence-electron chi connectivity index (χ1n) is 7.61. The van der Waals surface area contributed by atoms with Crippen molar-refractivity contribution < 1.29 is 9.90 Å². The van der Waals surface area contributed by atoms with Crippen molar-refractivity contribution in [1.29, 1.82) is 0 Å². The SMILES string of the molecule is CC1CCCCC1NC(=O)CC1(O)CCCCC1. The van der Waals surface area contributed by atoms with Crippen LogP contribution in [-0.2, 0) is 4.79 Å². The first-order chi connectivity index (χ1) is 8.59. The Morgan fingerprint density at radius 2 is 1.83 bits per heavy atom. The van der Waals surface area contributed by atoms with Crippen LogP contribution < -0.4 is 5.32 Å². The summed E-state index contributed by atoms with van der Waals surface area (Å²) in [5.74, 6) is 0.641. The fourth-order valence-electron chi connectivity index (χ4n) is 3.47. The van der Waals surface area contributed by atoms with Gasteiger partial charge in [0.25, 0.3) is 0 Å². The van der Waals surface area contributed by atoms with Crippen molar-refractivity contribution in [3.05, 3.63) is 0 Å². The molecule has 0 saturated heterocycles. The molecule has 0 aromatic heterocycles. The number of aliphatic hydroxyl groups is 1. The summed E-state index contributed by atoms with van der Waals surface area (Å²) in [5, 5.41) is 13.5. The van der Waals surface area contributed by atoms with Crippen molar-refractivity contribution in [3.63, 3.8) is 0 Å². The fourth-order valence-corrected chi connectivity index (χ4v) is 3.47. The second kappa shape index (κ2) is 6.05. The summed E-state index contributed by atoms with van der Waals surface area (Å²) in [5.41, 5.74) is -0.722. The quantitative estimate of drug-likeness (QED) is 0.812. The zero-order valence-corrected chi connectivity index (χ0v) is 11.6. The summed E-state index contributed by atoms with van der Waals surface area (Å²) in [4.78, 5) is 12.1. The second-order valence-corrected chi connectivity index (χ2v) is 6.40. The average molecular weight is 253 g/mol. The predicted octanol–water partition coefficient (Wildman–Crippen LogP) is 2.77. The van der Waals surface area contributed by atoms with Gasteiger partial charge in [0.15, 0.2) is 0 Å². The molecule has 3 heteroatoms. The molecule has 1 amide bonds. The van der Waals surface area contributed by atoms with E-state index in [1.807, 2.05) is 0 Å². The van der Waals surface area contributed by atoms with Gasteiger partial charge in [-0.25, -0.2) is 0 Å². The van der Waals surface area contributed by atoms with Crippen LogP contribution in [0.3, 0.4) is 0 Å². The van der Waals surface area contributed by atoms with E-state index in [9.17, 15) is 9.90 Å². The lowest BCUT2D eigenvalue weighted by Gasteiger charge is -2.34. The third kappa shape index (κ3) is 3.71. The van der Waals surface area contributed by atoms with Gasteiger partial charge in [0, 0.05) is 6.04 Å². The summed E-state index contributed by atoms with van der Waals surface area (Å²) in [6, 6.07) is 0.332. The standard InChI is InChI=1S/C15H27NO2/c1-12-7-3-4-8-13(12)16-14(17)11-15(18)9-5-2-6-10-15/h12-13,18H,2-11H2,1H3,(H,16,17). The largest absolute Gasteiger partial charge is 0.389 e. The van der Waals surface area contributed by atoms with Crippen LogP contribution >= 0.6 is 0 Å². The molecule has 2 N–H and O–H groups in total. The van der Waals surface area contributed by atoms with Gasteiger partial charge in [-0.05, 0) is 31.6 Å². The normalized spacial score (nSPS) is 31.9. The molecule has 2 unspecified atom stereocenters. The fraction of sp³-hybridized carbons (Fsp3) is 0.933. The molecular formula is C15H27NO2. The average Bonchev–Trinajstić information content (AvgIpc) is 2.32. The molecule has 2 fully saturated rings. The van der Waals surface area contributed by atoms with Gasteiger partial charge >= 0.3 is 0 Å². The molecule has 0 bridgehead atoms. The zero-order valence-electron chi connectivity index (χ0n) is 11.6. The Bertz CT molecular complexity index is 284. The Morgan fingerprint density at radius 3 is 2.50 bits per heavy atom. The van der Waals surface area contributed by atoms with Crippen molar-refractivity contribution in [2.75, 3.05) is 0 Å². The van der Waals surface area contributed by atoms with E-state index in [1.165, 1.54) is 25.7 Å². The minimum absolute atomic E-state index is 0.0538. The zero-order chi connectivity index (χ0) is 13.0. The minimum atomic E-state index is -0.722. The van der Waals surface area contributed by atoms with Crippen LogP contribution in [0.25, 0.3) is 0 Å². The Kier molecular flexibility index (Phi) is 4.66. The molecule has 104 valence electrons. The van der Waals surface area contributed by atoms with Gasteiger partial charge in [-0.2, -0.15) is 0 Å². The maximum absolute atomic E-state index is 12.1. The van der Waals surface area contributed by atoms with Crippen molar-refractivity contribution in [3.8, 4) is 0 Å². The summed E-state index contributed by atoms with van der Waals surface area (Å²) in [6.45, 7) is 2.22. The van der Waals surface area contributed by atoms with Gasteiger partial charge in [-0.15, -0.1) is 0 Å². The van der Waals surface area contributed by atoms with Gasteiger partial charge in [0.05, 0.1) is 12.0 Å². The highest BCUT2D eigenvalue weighted by atomic mass is 16.3. The smallest absolute Gasteiger partial charge is 0.223 e. The predicted molar refractivity (Wildman–Crippen MR) is 72.2 cm³/mol. The number of hydrogen-bond acceptors (Lipinski definition) is 2. The highest BCUT2D eigenvalue weighted by Crippen LogP contribution is 2.31. The van der Waals surface area contributed by atoms with Gasteiger partial charge in [-0.3, -0.25) is 4.79 Å². The Morgan fingerprint density at radius 1 is 1.17 bits per heavy atom. The molecule has 0 radical (unpaired) electrons. The van der Waals surface area contributed by atoms with Crippen molar-refractivity contribution in [2.45, 2.75) is 82.8 Å². The first-order valence-corrected chi connectivity index (χ1v) is 7.61. The first kappa shape index (κ1) is 13.9. The van der Waals surface area contributed by atoms with E-state index in [1.54, 1.807) is 0 Å². The lowest BCUT2D eigenvalue weighted by molar-refractivity contribution is -0.128. The molecule has 0 spiro atoms. The van der Waals surface area contributed by atoms with Crippen LogP contribution in [0, 0.1) is 5.92 Å². The van der Waals surface area contributed by atoms with E-state index in [4.69, 9.17) is 0 Å². The van der Waals surface area contributed by atoms with Gasteiger partial charge in [-0.1, -0.05) is 39.0 Å². The summed E-state index contributed by atoms with van der Waals surface area (Å²) >= 11 is 0. The van der Waals surface area contributed by atoms with Crippen LogP contribution in [0.4, 0.5) is 0 Å². The number of carbonyl (C=O) groups excluding carboxylic acids is 1. The van der Waals surface area contributed by atoms with E-state index in [0.29, 0.717) is 18.4 Å². The van der Waals surface area contributed by atoms with E-state index >= 15 is 0 Å². The van der Waals surface area contributed by atoms with E-state index < -0.39 is 5.60 Å². The second-order valence-electron chi connectivity index (χ2n) is 6.40. The minimum Gasteiger partial charge on any atom is -0.389 e. The molecule has 2 saturated carbocycles. The maximum atomic E-state index is 12.1. The summed E-state index contributed by atoms with van der Waals surface area (Å²) in [6.07, 6.45) is 10.0. The van der Waals surface area contributed by atoms with Crippen molar-refractivity contribution in [1.82, 2.24) is 5.32 Å². The van der Waals surface area contributed by atoms with Crippen molar-refractivity contribution in [2.24, 2.45) is 5.92 Å². The monoisotopic (exact) mass is 253 g/mol. The number of hydrogen-bond donors (Lipinski definition) is 2. The molecule has 2 rings (SSSR count). The van der Waals surface area contributed by atoms with Gasteiger partial charge in [0.2, 0.25) is 5.91 Å². The van der Waals surface area contributed by atoms with Crippen LogP contribution in [0.1, 0.15) is 71.1 Å². The van der Waals surface area contributed by atoms with E-state index in [-0.39, 0.29) is 5.91 Å². The molecule has 0 aromatic rings. The topological polar surface area (TPSA) is 49.3 Å². The Labute approximate surface area is 110 Å². The highest BCUT2D eigenvalue weighted by Gasteiger charge is 2.33. The van der Waals surface area contributed by atoms with Gasteiger partial charge in [0.1, 0.15) is 0 Å². The summed E-state index contributed by atoms with van der Waals surface area (Å²) in [7, 11) is 0. The molecule has 2 aliphatic rings. The van der Waals surface area contributed by atoms with E-state index in [2.05, 4.69) is 12.2 Å². The van der Waals surface area contributed by atoms with Crippen LogP contribution in [0.15, 0.2) is 0 Å². The molecule has 0 aromatic carbocycles. The van der Waals surface area contributed by atoms with Crippen molar-refractivity contribution >= 4 is 5.91 Å². The molecule has 0 aliphatic heterocycles. The molecule has 2 atom stereocenters.